The Hall–Kier alpha value is -0.770. The van der Waals surface area contributed by atoms with Gasteiger partial charge in [0.25, 0.3) is 0 Å². The molecule has 0 spiro atoms. The first kappa shape index (κ1) is 10.7. The molecule has 2 nitrogen and oxygen atoms in total. The van der Waals surface area contributed by atoms with Crippen LogP contribution in [0.5, 0.6) is 0 Å². The lowest BCUT2D eigenvalue weighted by atomic mass is 10.2. The van der Waals surface area contributed by atoms with Crippen molar-refractivity contribution in [1.29, 1.82) is 0 Å². The molecule has 0 radical (unpaired) electrons. The monoisotopic (exact) mass is 241 g/mol. The molecule has 0 bridgehead atoms. The Labute approximate surface area is 97.7 Å². The third-order valence-electron chi connectivity index (χ3n) is 2.25. The fraction of sp³-hybridized carbons (Fsp3) is 0.273. The summed E-state index contributed by atoms with van der Waals surface area (Å²) in [5.41, 5.74) is 7.14. The smallest absolute Gasteiger partial charge is 0.126 e. The lowest BCUT2D eigenvalue weighted by Crippen LogP contribution is -2.08. The van der Waals surface area contributed by atoms with E-state index in [2.05, 4.69) is 0 Å². The zero-order valence-corrected chi connectivity index (χ0v) is 10.2. The average Bonchev–Trinajstić information content (AvgIpc) is 2.74. The van der Waals surface area contributed by atoms with E-state index in [0.29, 0.717) is 0 Å². The first-order valence-electron chi connectivity index (χ1n) is 4.65. The summed E-state index contributed by atoms with van der Waals surface area (Å²) >= 11 is 7.51. The van der Waals surface area contributed by atoms with Crippen LogP contribution in [0.25, 0.3) is 0 Å². The minimum atomic E-state index is -0.213. The fourth-order valence-corrected chi connectivity index (χ4v) is 2.63. The fourth-order valence-electron chi connectivity index (χ4n) is 1.40. The molecule has 1 unspecified atom stereocenters. The van der Waals surface area contributed by atoms with Gasteiger partial charge in [-0.2, -0.15) is 0 Å². The maximum absolute atomic E-state index is 6.07. The van der Waals surface area contributed by atoms with Crippen LogP contribution in [0, 0.1) is 13.8 Å². The van der Waals surface area contributed by atoms with Gasteiger partial charge < -0.3 is 10.2 Å². The Morgan fingerprint density at radius 1 is 1.40 bits per heavy atom. The van der Waals surface area contributed by atoms with E-state index in [1.54, 1.807) is 0 Å². The summed E-state index contributed by atoms with van der Waals surface area (Å²) in [5, 5.41) is 0. The van der Waals surface area contributed by atoms with Gasteiger partial charge in [0, 0.05) is 4.88 Å². The Morgan fingerprint density at radius 3 is 2.60 bits per heavy atom. The number of thiophene rings is 1. The normalized spacial score (nSPS) is 13.1. The maximum atomic E-state index is 6.07. The summed E-state index contributed by atoms with van der Waals surface area (Å²) in [6, 6.07) is 5.62. The van der Waals surface area contributed by atoms with Crippen LogP contribution in [0.1, 0.15) is 28.0 Å². The molecular weight excluding hydrogens is 230 g/mol. The summed E-state index contributed by atoms with van der Waals surface area (Å²) in [6.45, 7) is 3.88. The van der Waals surface area contributed by atoms with Crippen molar-refractivity contribution in [2.45, 2.75) is 19.9 Å². The van der Waals surface area contributed by atoms with Crippen molar-refractivity contribution in [1.82, 2.24) is 0 Å². The Morgan fingerprint density at radius 2 is 2.13 bits per heavy atom. The lowest BCUT2D eigenvalue weighted by Gasteiger charge is -2.04. The second-order valence-corrected chi connectivity index (χ2v) is 5.22. The molecule has 80 valence electrons. The second-order valence-electron chi connectivity index (χ2n) is 3.53. The van der Waals surface area contributed by atoms with Gasteiger partial charge in [-0.25, -0.2) is 0 Å². The molecule has 2 N–H and O–H groups in total. The van der Waals surface area contributed by atoms with Crippen molar-refractivity contribution < 1.29 is 4.42 Å². The summed E-state index contributed by atoms with van der Waals surface area (Å²) < 4.78 is 6.28. The highest BCUT2D eigenvalue weighted by Crippen LogP contribution is 2.33. The third-order valence-corrected chi connectivity index (χ3v) is 3.89. The maximum Gasteiger partial charge on any atom is 0.126 e. The first-order valence-corrected chi connectivity index (χ1v) is 5.85. The molecule has 2 heterocycles. The molecule has 2 aromatic rings. The van der Waals surface area contributed by atoms with Crippen LogP contribution in [0.15, 0.2) is 22.6 Å². The van der Waals surface area contributed by atoms with Crippen molar-refractivity contribution in [3.8, 4) is 0 Å². The van der Waals surface area contributed by atoms with Gasteiger partial charge in [-0.15, -0.1) is 11.3 Å². The molecular formula is C11H12ClNOS. The number of halogens is 1. The van der Waals surface area contributed by atoms with E-state index >= 15 is 0 Å². The molecule has 0 aliphatic heterocycles. The zero-order valence-electron chi connectivity index (χ0n) is 8.58. The van der Waals surface area contributed by atoms with E-state index in [0.717, 1.165) is 26.3 Å². The molecule has 0 saturated carbocycles. The molecule has 0 aromatic carbocycles. The topological polar surface area (TPSA) is 39.2 Å². The molecule has 0 aliphatic rings. The first-order chi connectivity index (χ1) is 7.08. The van der Waals surface area contributed by atoms with Gasteiger partial charge in [-0.3, -0.25) is 0 Å². The second kappa shape index (κ2) is 4.00. The predicted octanol–water partition coefficient (Wildman–Crippen LogP) is 3.66. The van der Waals surface area contributed by atoms with Crippen molar-refractivity contribution in [2.24, 2.45) is 5.73 Å². The number of aryl methyl sites for hydroxylation is 2. The van der Waals surface area contributed by atoms with E-state index in [4.69, 9.17) is 21.8 Å². The Bertz CT molecular complexity index is 455. The number of hydrogen-bond acceptors (Lipinski definition) is 3. The average molecular weight is 242 g/mol. The minimum absolute atomic E-state index is 0.213. The van der Waals surface area contributed by atoms with E-state index < -0.39 is 0 Å². The van der Waals surface area contributed by atoms with Crippen LogP contribution in [-0.2, 0) is 0 Å². The van der Waals surface area contributed by atoms with Crippen LogP contribution in [0.3, 0.4) is 0 Å². The predicted molar refractivity (Wildman–Crippen MR) is 63.5 cm³/mol. The van der Waals surface area contributed by atoms with Gasteiger partial charge in [0.2, 0.25) is 0 Å². The number of nitrogens with two attached hydrogens (primary N) is 1. The minimum Gasteiger partial charge on any atom is -0.464 e. The summed E-state index contributed by atoms with van der Waals surface area (Å²) in [5.74, 6) is 1.66. The van der Waals surface area contributed by atoms with Crippen LogP contribution in [-0.4, -0.2) is 0 Å². The Kier molecular flexibility index (Phi) is 2.87. The van der Waals surface area contributed by atoms with Gasteiger partial charge in [-0.1, -0.05) is 11.6 Å². The van der Waals surface area contributed by atoms with Crippen LogP contribution in [0.2, 0.25) is 4.34 Å². The van der Waals surface area contributed by atoms with E-state index in [9.17, 15) is 0 Å². The van der Waals surface area contributed by atoms with Gasteiger partial charge >= 0.3 is 0 Å². The van der Waals surface area contributed by atoms with Crippen LogP contribution >= 0.6 is 22.9 Å². The van der Waals surface area contributed by atoms with Gasteiger partial charge in [-0.05, 0) is 37.6 Å². The molecule has 15 heavy (non-hydrogen) atoms. The molecule has 2 aromatic heterocycles. The highest BCUT2D eigenvalue weighted by Gasteiger charge is 2.16. The molecule has 0 fully saturated rings. The standard InChI is InChI=1S/C11H12ClNOS/c1-6-5-9(15-11(6)12)10(13)8-4-3-7(2)14-8/h3-5,10H,13H2,1-2H3. The molecule has 2 rings (SSSR count). The largest absolute Gasteiger partial charge is 0.464 e. The highest BCUT2D eigenvalue weighted by molar-refractivity contribution is 7.16. The zero-order chi connectivity index (χ0) is 11.0. The van der Waals surface area contributed by atoms with Crippen molar-refractivity contribution in [3.63, 3.8) is 0 Å². The summed E-state index contributed by atoms with van der Waals surface area (Å²) in [6.07, 6.45) is 0. The van der Waals surface area contributed by atoms with Gasteiger partial charge in [0.05, 0.1) is 10.4 Å². The molecule has 0 saturated heterocycles. The van der Waals surface area contributed by atoms with E-state index in [1.807, 2.05) is 32.0 Å². The van der Waals surface area contributed by atoms with Gasteiger partial charge in [0.1, 0.15) is 11.5 Å². The number of furan rings is 1. The lowest BCUT2D eigenvalue weighted by molar-refractivity contribution is 0.468. The van der Waals surface area contributed by atoms with Crippen LogP contribution < -0.4 is 5.73 Å². The molecule has 0 amide bonds. The van der Waals surface area contributed by atoms with Crippen molar-refractivity contribution in [2.75, 3.05) is 0 Å². The molecule has 0 aliphatic carbocycles. The summed E-state index contributed by atoms with van der Waals surface area (Å²) in [4.78, 5) is 1.03. The van der Waals surface area contributed by atoms with E-state index in [1.165, 1.54) is 11.3 Å². The third kappa shape index (κ3) is 2.09. The SMILES string of the molecule is Cc1ccc(C(N)c2cc(C)c(Cl)s2)o1. The van der Waals surface area contributed by atoms with Crippen molar-refractivity contribution in [3.05, 3.63) is 44.5 Å². The molecule has 1 atom stereocenters. The van der Waals surface area contributed by atoms with Crippen LogP contribution in [0.4, 0.5) is 0 Å². The number of hydrogen-bond donors (Lipinski definition) is 1. The summed E-state index contributed by atoms with van der Waals surface area (Å²) in [7, 11) is 0. The number of rotatable bonds is 2. The quantitative estimate of drug-likeness (QED) is 0.872. The molecule has 4 heteroatoms. The van der Waals surface area contributed by atoms with Gasteiger partial charge in [0.15, 0.2) is 0 Å². The highest BCUT2D eigenvalue weighted by atomic mass is 35.5. The van der Waals surface area contributed by atoms with E-state index in [-0.39, 0.29) is 6.04 Å². The van der Waals surface area contributed by atoms with Crippen molar-refractivity contribution >= 4 is 22.9 Å². The Balaban J connectivity index is 2.31.